The number of alkyl carbamates (subject to hydrolysis) is 1. The molecule has 1 unspecified atom stereocenters. The van der Waals surface area contributed by atoms with Crippen LogP contribution in [0.25, 0.3) is 0 Å². The molecule has 108 valence electrons. The van der Waals surface area contributed by atoms with Gasteiger partial charge in [-0.2, -0.15) is 0 Å². The molecule has 0 saturated carbocycles. The number of benzene rings is 1. The van der Waals surface area contributed by atoms with Gasteiger partial charge in [0, 0.05) is 13.1 Å². The van der Waals surface area contributed by atoms with E-state index in [2.05, 4.69) is 10.1 Å². The fourth-order valence-electron chi connectivity index (χ4n) is 2.31. The van der Waals surface area contributed by atoms with E-state index in [1.54, 1.807) is 18.2 Å². The first-order chi connectivity index (χ1) is 9.52. The Bertz CT molecular complexity index is 535. The van der Waals surface area contributed by atoms with Crippen molar-refractivity contribution in [2.75, 3.05) is 25.1 Å². The maximum absolute atomic E-state index is 11.3. The summed E-state index contributed by atoms with van der Waals surface area (Å²) in [6.07, 6.45) is 0.238. The van der Waals surface area contributed by atoms with Gasteiger partial charge in [0.2, 0.25) is 0 Å². The zero-order valence-electron chi connectivity index (χ0n) is 10.9. The summed E-state index contributed by atoms with van der Waals surface area (Å²) in [5.41, 5.74) is 0.659. The molecule has 20 heavy (non-hydrogen) atoms. The predicted octanol–water partition coefficient (Wildman–Crippen LogP) is 1.97. The van der Waals surface area contributed by atoms with Crippen molar-refractivity contribution >= 4 is 29.4 Å². The van der Waals surface area contributed by atoms with Gasteiger partial charge in [-0.3, -0.25) is 0 Å². The van der Waals surface area contributed by atoms with Crippen molar-refractivity contribution in [2.45, 2.75) is 12.5 Å². The smallest absolute Gasteiger partial charge is 0.407 e. The number of amides is 1. The zero-order valence-corrected chi connectivity index (χ0v) is 11.7. The van der Waals surface area contributed by atoms with Crippen molar-refractivity contribution in [3.05, 3.63) is 28.8 Å². The topological polar surface area (TPSA) is 78.9 Å². The van der Waals surface area contributed by atoms with E-state index in [-0.39, 0.29) is 16.6 Å². The lowest BCUT2D eigenvalue weighted by Crippen LogP contribution is -2.37. The van der Waals surface area contributed by atoms with Crippen LogP contribution in [-0.4, -0.2) is 43.4 Å². The van der Waals surface area contributed by atoms with Crippen molar-refractivity contribution in [1.82, 2.24) is 5.32 Å². The van der Waals surface area contributed by atoms with E-state index in [4.69, 9.17) is 11.6 Å². The van der Waals surface area contributed by atoms with Gasteiger partial charge in [-0.05, 0) is 18.6 Å². The number of nitrogens with zero attached hydrogens (tertiary/aromatic N) is 1. The first-order valence-electron chi connectivity index (χ1n) is 6.14. The number of carbonyl (C=O) groups excluding carboxylic acids is 1. The molecule has 0 radical (unpaired) electrons. The predicted molar refractivity (Wildman–Crippen MR) is 74.6 cm³/mol. The molecule has 0 aliphatic carbocycles. The van der Waals surface area contributed by atoms with Crippen LogP contribution in [0.2, 0.25) is 5.02 Å². The van der Waals surface area contributed by atoms with Gasteiger partial charge in [-0.15, -0.1) is 0 Å². The highest BCUT2D eigenvalue weighted by Gasteiger charge is 2.27. The van der Waals surface area contributed by atoms with E-state index in [1.807, 2.05) is 4.90 Å². The number of hydrogen-bond donors (Lipinski definition) is 2. The van der Waals surface area contributed by atoms with E-state index in [1.165, 1.54) is 7.11 Å². The molecule has 1 atom stereocenters. The number of methoxy groups -OCH3 is 1. The molecule has 0 spiro atoms. The summed E-state index contributed by atoms with van der Waals surface area (Å²) in [5, 5.41) is 12.2. The van der Waals surface area contributed by atoms with Crippen molar-refractivity contribution in [3.8, 4) is 0 Å². The van der Waals surface area contributed by atoms with Gasteiger partial charge < -0.3 is 20.1 Å². The number of aromatic carboxylic acids is 1. The number of anilines is 1. The Morgan fingerprint density at radius 3 is 2.90 bits per heavy atom. The standard InChI is InChI=1S/C13H15ClN2O4/c1-20-13(19)15-8-5-6-16(7-8)10-4-2-3-9(14)11(10)12(17)18/h2-4,8H,5-7H2,1H3,(H,15,19)(H,17,18). The summed E-state index contributed by atoms with van der Waals surface area (Å²) in [7, 11) is 1.31. The van der Waals surface area contributed by atoms with Gasteiger partial charge >= 0.3 is 12.1 Å². The molecule has 1 heterocycles. The van der Waals surface area contributed by atoms with Crippen LogP contribution < -0.4 is 10.2 Å². The molecular formula is C13H15ClN2O4. The number of ether oxygens (including phenoxy) is 1. The molecule has 2 N–H and O–H groups in total. The number of rotatable bonds is 3. The maximum Gasteiger partial charge on any atom is 0.407 e. The summed E-state index contributed by atoms with van der Waals surface area (Å²) in [5.74, 6) is -1.06. The van der Waals surface area contributed by atoms with E-state index < -0.39 is 12.1 Å². The van der Waals surface area contributed by atoms with Crippen molar-refractivity contribution in [1.29, 1.82) is 0 Å². The Kier molecular flexibility index (Phi) is 4.34. The van der Waals surface area contributed by atoms with Gasteiger partial charge in [0.05, 0.1) is 23.9 Å². The van der Waals surface area contributed by atoms with E-state index in [0.717, 1.165) is 6.42 Å². The lowest BCUT2D eigenvalue weighted by molar-refractivity contribution is 0.0697. The molecule has 1 saturated heterocycles. The lowest BCUT2D eigenvalue weighted by Gasteiger charge is -2.21. The Balaban J connectivity index is 2.16. The number of carboxylic acids is 1. The minimum Gasteiger partial charge on any atom is -0.478 e. The van der Waals surface area contributed by atoms with E-state index >= 15 is 0 Å². The molecular weight excluding hydrogens is 284 g/mol. The third-order valence-corrected chi connectivity index (χ3v) is 3.56. The number of carbonyl (C=O) groups is 2. The average molecular weight is 299 g/mol. The third kappa shape index (κ3) is 2.96. The molecule has 2 rings (SSSR count). The number of halogens is 1. The zero-order chi connectivity index (χ0) is 14.7. The first kappa shape index (κ1) is 14.5. The molecule has 0 bridgehead atoms. The highest BCUT2D eigenvalue weighted by Crippen LogP contribution is 2.30. The summed E-state index contributed by atoms with van der Waals surface area (Å²) in [6, 6.07) is 4.92. The molecule has 7 heteroatoms. The molecule has 1 aliphatic rings. The Morgan fingerprint density at radius 2 is 2.25 bits per heavy atom. The van der Waals surface area contributed by atoms with Crippen LogP contribution in [0.4, 0.5) is 10.5 Å². The second-order valence-corrected chi connectivity index (χ2v) is 4.91. The van der Waals surface area contributed by atoms with Crippen molar-refractivity contribution in [3.63, 3.8) is 0 Å². The largest absolute Gasteiger partial charge is 0.478 e. The van der Waals surface area contributed by atoms with E-state index in [0.29, 0.717) is 18.8 Å². The summed E-state index contributed by atoms with van der Waals surface area (Å²) < 4.78 is 4.55. The van der Waals surface area contributed by atoms with Crippen LogP contribution in [0.5, 0.6) is 0 Å². The monoisotopic (exact) mass is 298 g/mol. The minimum atomic E-state index is -1.06. The van der Waals surface area contributed by atoms with Crippen LogP contribution in [-0.2, 0) is 4.74 Å². The average Bonchev–Trinajstić information content (AvgIpc) is 2.86. The van der Waals surface area contributed by atoms with Crippen molar-refractivity contribution < 1.29 is 19.4 Å². The Hall–Kier alpha value is -1.95. The van der Waals surface area contributed by atoms with Crippen LogP contribution in [0.3, 0.4) is 0 Å². The molecule has 1 aromatic carbocycles. The fourth-order valence-corrected chi connectivity index (χ4v) is 2.56. The molecule has 1 aliphatic heterocycles. The molecule has 1 fully saturated rings. The van der Waals surface area contributed by atoms with E-state index in [9.17, 15) is 14.7 Å². The van der Waals surface area contributed by atoms with Gasteiger partial charge in [0.25, 0.3) is 0 Å². The van der Waals surface area contributed by atoms with Gasteiger partial charge in [0.15, 0.2) is 0 Å². The van der Waals surface area contributed by atoms with Crippen LogP contribution in [0.15, 0.2) is 18.2 Å². The van der Waals surface area contributed by atoms with Crippen molar-refractivity contribution in [2.24, 2.45) is 0 Å². The molecule has 6 nitrogen and oxygen atoms in total. The summed E-state index contributed by atoms with van der Waals surface area (Å²) in [6.45, 7) is 1.17. The summed E-state index contributed by atoms with van der Waals surface area (Å²) in [4.78, 5) is 24.4. The molecule has 1 aromatic rings. The number of nitrogens with one attached hydrogen (secondary N) is 1. The third-order valence-electron chi connectivity index (χ3n) is 3.24. The lowest BCUT2D eigenvalue weighted by atomic mass is 10.1. The second kappa shape index (κ2) is 6.00. The summed E-state index contributed by atoms with van der Waals surface area (Å²) >= 11 is 5.95. The van der Waals surface area contributed by atoms with Crippen LogP contribution in [0.1, 0.15) is 16.8 Å². The first-order valence-corrected chi connectivity index (χ1v) is 6.52. The number of carboxylic acid groups (broad SMARTS) is 1. The Labute approximate surface area is 121 Å². The van der Waals surface area contributed by atoms with Gasteiger partial charge in [-0.25, -0.2) is 9.59 Å². The maximum atomic E-state index is 11.3. The van der Waals surface area contributed by atoms with Crippen LogP contribution in [0, 0.1) is 0 Å². The van der Waals surface area contributed by atoms with Gasteiger partial charge in [-0.1, -0.05) is 17.7 Å². The van der Waals surface area contributed by atoms with Crippen LogP contribution >= 0.6 is 11.6 Å². The molecule has 0 aromatic heterocycles. The second-order valence-electron chi connectivity index (χ2n) is 4.51. The number of hydrogen-bond acceptors (Lipinski definition) is 4. The highest BCUT2D eigenvalue weighted by molar-refractivity contribution is 6.34. The van der Waals surface area contributed by atoms with Gasteiger partial charge in [0.1, 0.15) is 5.56 Å². The Morgan fingerprint density at radius 1 is 1.50 bits per heavy atom. The highest BCUT2D eigenvalue weighted by atomic mass is 35.5. The minimum absolute atomic E-state index is 0.0666. The molecule has 1 amide bonds. The fraction of sp³-hybridized carbons (Fsp3) is 0.385. The quantitative estimate of drug-likeness (QED) is 0.892. The SMILES string of the molecule is COC(=O)NC1CCN(c2cccc(Cl)c2C(=O)O)C1. The normalized spacial score (nSPS) is 17.9.